The summed E-state index contributed by atoms with van der Waals surface area (Å²) in [6, 6.07) is 26.3. The third kappa shape index (κ3) is 5.39. The Bertz CT molecular complexity index is 1390. The van der Waals surface area contributed by atoms with Gasteiger partial charge in [0.15, 0.2) is 0 Å². The van der Waals surface area contributed by atoms with E-state index in [2.05, 4.69) is 58.7 Å². The fourth-order valence-electron chi connectivity index (χ4n) is 4.13. The van der Waals surface area contributed by atoms with Gasteiger partial charge in [-0.2, -0.15) is 0 Å². The number of nitrogens with zero attached hydrogens (tertiary/aromatic N) is 1. The van der Waals surface area contributed by atoms with Crippen LogP contribution in [0.1, 0.15) is 48.3 Å². The number of carbonyl (C=O) groups is 1. The molecule has 0 unspecified atom stereocenters. The van der Waals surface area contributed by atoms with E-state index in [-0.39, 0.29) is 5.75 Å². The minimum absolute atomic E-state index is 0.0488. The van der Waals surface area contributed by atoms with Crippen molar-refractivity contribution in [3.05, 3.63) is 95.7 Å². The van der Waals surface area contributed by atoms with Gasteiger partial charge in [0.05, 0.1) is 5.75 Å². The van der Waals surface area contributed by atoms with Gasteiger partial charge in [-0.15, -0.1) is 0 Å². The topological polar surface area (TPSA) is 68.2 Å². The highest BCUT2D eigenvalue weighted by molar-refractivity contribution is 7.90. The summed E-state index contributed by atoms with van der Waals surface area (Å²) >= 11 is 0. The second-order valence-electron chi connectivity index (χ2n) is 8.52. The maximum Gasteiger partial charge on any atom is 0.264 e. The molecule has 1 amide bonds. The van der Waals surface area contributed by atoms with Gasteiger partial charge in [0, 0.05) is 23.3 Å². The molecule has 1 aromatic heterocycles. The summed E-state index contributed by atoms with van der Waals surface area (Å²) in [5, 5.41) is 1.03. The van der Waals surface area contributed by atoms with Gasteiger partial charge in [-0.25, -0.2) is 13.1 Å². The molecule has 0 radical (unpaired) electrons. The molecular formula is C28H30N2O3S. The fraction of sp³-hybridized carbons (Fsp3) is 0.250. The third-order valence-corrected chi connectivity index (χ3v) is 7.35. The maximum absolute atomic E-state index is 12.7. The van der Waals surface area contributed by atoms with Crippen molar-refractivity contribution in [1.29, 1.82) is 0 Å². The average Bonchev–Trinajstić information content (AvgIpc) is 3.20. The van der Waals surface area contributed by atoms with Crippen LogP contribution >= 0.6 is 0 Å². The molecular weight excluding hydrogens is 444 g/mol. The zero-order valence-electron chi connectivity index (χ0n) is 19.6. The number of aryl methyl sites for hydroxylation is 1. The van der Waals surface area contributed by atoms with Crippen LogP contribution in [0.15, 0.2) is 78.9 Å². The van der Waals surface area contributed by atoms with Crippen LogP contribution in [0.25, 0.3) is 22.0 Å². The number of hydrogen-bond acceptors (Lipinski definition) is 3. The van der Waals surface area contributed by atoms with Gasteiger partial charge >= 0.3 is 0 Å². The molecule has 4 aromatic rings. The molecule has 6 heteroatoms. The van der Waals surface area contributed by atoms with Crippen molar-refractivity contribution in [2.75, 3.05) is 5.75 Å². The number of rotatable bonds is 9. The van der Waals surface area contributed by atoms with Gasteiger partial charge in [-0.05, 0) is 53.1 Å². The first kappa shape index (κ1) is 23.8. The fourth-order valence-corrected chi connectivity index (χ4v) is 5.30. The first-order chi connectivity index (χ1) is 16.4. The molecule has 0 bridgehead atoms. The monoisotopic (exact) mass is 474 g/mol. The van der Waals surface area contributed by atoms with Gasteiger partial charge in [0.2, 0.25) is 10.0 Å². The molecule has 0 fully saturated rings. The second kappa shape index (κ2) is 10.3. The third-order valence-electron chi connectivity index (χ3n) is 6.03. The van der Waals surface area contributed by atoms with E-state index in [0.717, 1.165) is 35.0 Å². The maximum atomic E-state index is 12.7. The molecule has 0 aliphatic rings. The number of aromatic nitrogens is 1. The van der Waals surface area contributed by atoms with E-state index in [1.54, 1.807) is 12.1 Å². The van der Waals surface area contributed by atoms with E-state index in [1.165, 1.54) is 11.1 Å². The predicted molar refractivity (Wildman–Crippen MR) is 138 cm³/mol. The molecule has 0 saturated carbocycles. The van der Waals surface area contributed by atoms with Gasteiger partial charge in [-0.1, -0.05) is 80.9 Å². The average molecular weight is 475 g/mol. The van der Waals surface area contributed by atoms with Crippen LogP contribution in [0.2, 0.25) is 0 Å². The highest BCUT2D eigenvalue weighted by Crippen LogP contribution is 2.25. The van der Waals surface area contributed by atoms with Crippen molar-refractivity contribution >= 4 is 26.8 Å². The molecule has 4 rings (SSSR count). The van der Waals surface area contributed by atoms with Crippen molar-refractivity contribution in [2.24, 2.45) is 0 Å². The highest BCUT2D eigenvalue weighted by Gasteiger charge is 2.17. The predicted octanol–water partition coefficient (Wildman–Crippen LogP) is 5.78. The second-order valence-corrected chi connectivity index (χ2v) is 10.4. The molecule has 3 aromatic carbocycles. The zero-order chi connectivity index (χ0) is 24.1. The minimum atomic E-state index is -3.64. The molecule has 0 aliphatic heterocycles. The van der Waals surface area contributed by atoms with E-state index in [0.29, 0.717) is 18.5 Å². The Morgan fingerprint density at radius 1 is 0.882 bits per heavy atom. The Hall–Kier alpha value is -3.38. The molecule has 5 nitrogen and oxygen atoms in total. The van der Waals surface area contributed by atoms with Crippen LogP contribution < -0.4 is 4.72 Å². The van der Waals surface area contributed by atoms with Crippen LogP contribution in [-0.4, -0.2) is 24.6 Å². The van der Waals surface area contributed by atoms with Gasteiger partial charge in [0.1, 0.15) is 0 Å². The first-order valence-corrected chi connectivity index (χ1v) is 13.4. The molecule has 0 spiro atoms. The Labute approximate surface area is 201 Å². The number of unbranched alkanes of at least 4 members (excludes halogenated alkanes) is 1. The van der Waals surface area contributed by atoms with Crippen LogP contribution in [0.3, 0.4) is 0 Å². The highest BCUT2D eigenvalue weighted by atomic mass is 32.2. The Morgan fingerprint density at radius 3 is 2.26 bits per heavy atom. The lowest BCUT2D eigenvalue weighted by molar-refractivity contribution is 0.0981. The molecule has 0 saturated heterocycles. The number of amides is 1. The number of benzene rings is 3. The van der Waals surface area contributed by atoms with E-state index in [4.69, 9.17) is 0 Å². The van der Waals surface area contributed by atoms with Crippen LogP contribution in [0, 0.1) is 0 Å². The molecule has 176 valence electrons. The first-order valence-electron chi connectivity index (χ1n) is 11.7. The van der Waals surface area contributed by atoms with Crippen molar-refractivity contribution in [1.82, 2.24) is 9.29 Å². The van der Waals surface area contributed by atoms with Crippen LogP contribution in [-0.2, 0) is 23.0 Å². The lowest BCUT2D eigenvalue weighted by Gasteiger charge is -2.12. The van der Waals surface area contributed by atoms with E-state index >= 15 is 0 Å². The number of sulfonamides is 1. The van der Waals surface area contributed by atoms with Crippen molar-refractivity contribution in [3.63, 3.8) is 0 Å². The lowest BCUT2D eigenvalue weighted by Crippen LogP contribution is -2.32. The van der Waals surface area contributed by atoms with E-state index in [1.807, 2.05) is 31.2 Å². The lowest BCUT2D eigenvalue weighted by atomic mass is 10.0. The Morgan fingerprint density at radius 2 is 1.59 bits per heavy atom. The number of hydrogen-bond donors (Lipinski definition) is 1. The largest absolute Gasteiger partial charge is 0.340 e. The molecule has 1 heterocycles. The van der Waals surface area contributed by atoms with Crippen LogP contribution in [0.4, 0.5) is 0 Å². The summed E-state index contributed by atoms with van der Waals surface area (Å²) in [7, 11) is -3.64. The smallest absolute Gasteiger partial charge is 0.264 e. The molecule has 0 atom stereocenters. The van der Waals surface area contributed by atoms with E-state index < -0.39 is 15.9 Å². The van der Waals surface area contributed by atoms with Crippen molar-refractivity contribution < 1.29 is 13.2 Å². The summed E-state index contributed by atoms with van der Waals surface area (Å²) in [6.45, 7) is 4.69. The number of fused-ring (bicyclic) bond motifs is 1. The van der Waals surface area contributed by atoms with Crippen LogP contribution in [0.5, 0.6) is 0 Å². The summed E-state index contributed by atoms with van der Waals surface area (Å²) in [5.41, 5.74) is 5.93. The quantitative estimate of drug-likeness (QED) is 0.334. The minimum Gasteiger partial charge on any atom is -0.340 e. The standard InChI is InChI=1S/C28H30N2O3S/c1-3-5-17-34(32,33)29-28(31)25-16-15-24-18-26(4-2)30(27(24)19-25)20-21-11-13-23(14-12-21)22-9-7-6-8-10-22/h6-16,18-19H,3-5,17,20H2,1-2H3,(H,29,31). The van der Waals surface area contributed by atoms with Crippen molar-refractivity contribution in [2.45, 2.75) is 39.7 Å². The number of carbonyl (C=O) groups excluding carboxylic acids is 1. The van der Waals surface area contributed by atoms with Crippen molar-refractivity contribution in [3.8, 4) is 11.1 Å². The van der Waals surface area contributed by atoms with Gasteiger partial charge in [0.25, 0.3) is 5.91 Å². The molecule has 1 N–H and O–H groups in total. The van der Waals surface area contributed by atoms with Gasteiger partial charge < -0.3 is 4.57 Å². The van der Waals surface area contributed by atoms with E-state index in [9.17, 15) is 13.2 Å². The molecule has 0 aliphatic carbocycles. The Kier molecular flexibility index (Phi) is 7.17. The summed E-state index contributed by atoms with van der Waals surface area (Å²) < 4.78 is 28.8. The normalized spacial score (nSPS) is 11.6. The SMILES string of the molecule is CCCCS(=O)(=O)NC(=O)c1ccc2cc(CC)n(Cc3ccc(-c4ccccc4)cc3)c2c1. The zero-order valence-corrected chi connectivity index (χ0v) is 20.4. The summed E-state index contributed by atoms with van der Waals surface area (Å²) in [6.07, 6.45) is 2.12. The summed E-state index contributed by atoms with van der Waals surface area (Å²) in [4.78, 5) is 12.7. The van der Waals surface area contributed by atoms with Gasteiger partial charge in [-0.3, -0.25) is 4.79 Å². The Balaban J connectivity index is 1.61. The number of nitrogens with one attached hydrogen (secondary N) is 1. The molecule has 34 heavy (non-hydrogen) atoms. The summed E-state index contributed by atoms with van der Waals surface area (Å²) in [5.74, 6) is -0.636.